The average molecular weight is 450 g/mol. The number of halogens is 1. The first-order valence-electron chi connectivity index (χ1n) is 10.8. The summed E-state index contributed by atoms with van der Waals surface area (Å²) in [5.41, 5.74) is 4.91. The Labute approximate surface area is 193 Å². The number of aromatic amines is 1. The van der Waals surface area contributed by atoms with Crippen LogP contribution in [0.5, 0.6) is 0 Å². The Kier molecular flexibility index (Phi) is 6.28. The van der Waals surface area contributed by atoms with E-state index in [2.05, 4.69) is 39.9 Å². The summed E-state index contributed by atoms with van der Waals surface area (Å²) in [7, 11) is 0. The highest BCUT2D eigenvalue weighted by molar-refractivity contribution is 6.31. The summed E-state index contributed by atoms with van der Waals surface area (Å²) in [6.07, 6.45) is 0.257. The van der Waals surface area contributed by atoms with Crippen molar-refractivity contribution in [1.82, 2.24) is 10.3 Å². The molecule has 5 nitrogen and oxygen atoms in total. The van der Waals surface area contributed by atoms with Crippen molar-refractivity contribution in [1.29, 1.82) is 0 Å². The Morgan fingerprint density at radius 1 is 1.03 bits per heavy atom. The van der Waals surface area contributed by atoms with E-state index in [1.54, 1.807) is 0 Å². The molecule has 4 aromatic rings. The molecule has 4 rings (SSSR count). The number of benzene rings is 3. The molecule has 0 fully saturated rings. The molecule has 0 aliphatic carbocycles. The zero-order valence-electron chi connectivity index (χ0n) is 18.6. The second-order valence-corrected chi connectivity index (χ2v) is 9.33. The maximum Gasteiger partial charge on any atom is 0.407 e. The summed E-state index contributed by atoms with van der Waals surface area (Å²) < 4.78 is 5.35. The Balaban J connectivity index is 1.61. The van der Waals surface area contributed by atoms with Gasteiger partial charge >= 0.3 is 6.09 Å². The first kappa shape index (κ1) is 22.0. The topological polar surface area (TPSA) is 66.2 Å². The summed E-state index contributed by atoms with van der Waals surface area (Å²) in [6, 6.07) is 20.4. The molecule has 166 valence electrons. The largest absolute Gasteiger partial charge is 0.444 e. The minimum absolute atomic E-state index is 0.407. The average Bonchev–Trinajstić information content (AvgIpc) is 3.10. The molecule has 32 heavy (non-hydrogen) atoms. The van der Waals surface area contributed by atoms with Gasteiger partial charge in [-0.05, 0) is 68.7 Å². The molecule has 0 saturated heterocycles. The highest BCUT2D eigenvalue weighted by Gasteiger charge is 2.16. The Morgan fingerprint density at radius 3 is 2.56 bits per heavy atom. The van der Waals surface area contributed by atoms with Gasteiger partial charge in [0.2, 0.25) is 0 Å². The van der Waals surface area contributed by atoms with E-state index < -0.39 is 11.7 Å². The molecule has 0 bridgehead atoms. The van der Waals surface area contributed by atoms with E-state index >= 15 is 0 Å². The van der Waals surface area contributed by atoms with Gasteiger partial charge in [0.05, 0.1) is 0 Å². The number of aromatic nitrogens is 1. The van der Waals surface area contributed by atoms with E-state index in [1.807, 2.05) is 57.2 Å². The predicted molar refractivity (Wildman–Crippen MR) is 133 cm³/mol. The highest BCUT2D eigenvalue weighted by Crippen LogP contribution is 2.32. The van der Waals surface area contributed by atoms with Gasteiger partial charge in [-0.2, -0.15) is 0 Å². The van der Waals surface area contributed by atoms with Gasteiger partial charge in [0, 0.05) is 45.6 Å². The lowest BCUT2D eigenvalue weighted by molar-refractivity contribution is 0.0528. The molecule has 1 heterocycles. The van der Waals surface area contributed by atoms with Crippen LogP contribution in [0.15, 0.2) is 60.7 Å². The third-order valence-corrected chi connectivity index (χ3v) is 5.39. The fraction of sp³-hybridized carbons (Fsp3) is 0.269. The van der Waals surface area contributed by atoms with Gasteiger partial charge in [0.25, 0.3) is 0 Å². The van der Waals surface area contributed by atoms with Gasteiger partial charge in [-0.1, -0.05) is 41.9 Å². The summed E-state index contributed by atoms with van der Waals surface area (Å²) in [5, 5.41) is 9.28. The van der Waals surface area contributed by atoms with Gasteiger partial charge in [-0.25, -0.2) is 4.79 Å². The number of rotatable bonds is 6. The number of hydrogen-bond donors (Lipinski definition) is 3. The normalized spacial score (nSPS) is 11.6. The number of ether oxygens (including phenoxy) is 1. The lowest BCUT2D eigenvalue weighted by Gasteiger charge is -2.19. The van der Waals surface area contributed by atoms with Crippen molar-refractivity contribution < 1.29 is 9.53 Å². The lowest BCUT2D eigenvalue weighted by atomic mass is 10.0. The first-order chi connectivity index (χ1) is 15.3. The molecule has 0 saturated carbocycles. The van der Waals surface area contributed by atoms with Crippen LogP contribution in [0.2, 0.25) is 5.02 Å². The molecule has 6 heteroatoms. The predicted octanol–water partition coefficient (Wildman–Crippen LogP) is 6.65. The second kappa shape index (κ2) is 9.13. The quantitative estimate of drug-likeness (QED) is 0.308. The summed E-state index contributed by atoms with van der Waals surface area (Å²) in [5.74, 6) is 0. The van der Waals surface area contributed by atoms with Crippen LogP contribution in [0, 0.1) is 0 Å². The molecule has 0 aliphatic rings. The van der Waals surface area contributed by atoms with Crippen LogP contribution in [0.3, 0.4) is 0 Å². The number of nitrogens with one attached hydrogen (secondary N) is 3. The van der Waals surface area contributed by atoms with Crippen molar-refractivity contribution in [3.05, 3.63) is 76.8 Å². The fourth-order valence-corrected chi connectivity index (χ4v) is 3.93. The van der Waals surface area contributed by atoms with Gasteiger partial charge in [-0.15, -0.1) is 0 Å². The molecule has 0 unspecified atom stereocenters. The fourth-order valence-electron chi connectivity index (χ4n) is 3.76. The Morgan fingerprint density at radius 2 is 1.81 bits per heavy atom. The standard InChI is InChI=1S/C26H28ClN3O2/c1-26(2,3)32-25(31)28-12-11-18-13-20(29-16-17-7-5-4-6-8-17)15-22-21-14-19(27)9-10-23(21)30-24(18)22/h4-10,13-15,29-30H,11-12,16H2,1-3H3,(H,28,31). The van der Waals surface area contributed by atoms with Crippen LogP contribution in [0.25, 0.3) is 21.8 Å². The Bertz CT molecular complexity index is 1240. The maximum atomic E-state index is 12.0. The van der Waals surface area contributed by atoms with Crippen molar-refractivity contribution in [3.8, 4) is 0 Å². The third-order valence-electron chi connectivity index (χ3n) is 5.15. The summed E-state index contributed by atoms with van der Waals surface area (Å²) in [4.78, 5) is 15.6. The lowest BCUT2D eigenvalue weighted by Crippen LogP contribution is -2.33. The molecule has 1 aromatic heterocycles. The third kappa shape index (κ3) is 5.35. The van der Waals surface area contributed by atoms with Crippen LogP contribution < -0.4 is 10.6 Å². The van der Waals surface area contributed by atoms with Crippen molar-refractivity contribution in [2.75, 3.05) is 11.9 Å². The van der Waals surface area contributed by atoms with Crippen LogP contribution in [-0.4, -0.2) is 23.2 Å². The molecule has 1 amide bonds. The van der Waals surface area contributed by atoms with Crippen LogP contribution in [0.4, 0.5) is 10.5 Å². The zero-order chi connectivity index (χ0) is 22.7. The molecular weight excluding hydrogens is 422 g/mol. The molecular formula is C26H28ClN3O2. The van der Waals surface area contributed by atoms with Crippen molar-refractivity contribution >= 4 is 45.2 Å². The highest BCUT2D eigenvalue weighted by atomic mass is 35.5. The number of carbonyl (C=O) groups excluding carboxylic acids is 1. The number of carbonyl (C=O) groups is 1. The van der Waals surface area contributed by atoms with Gasteiger partial charge in [-0.3, -0.25) is 0 Å². The molecule has 0 aliphatic heterocycles. The zero-order valence-corrected chi connectivity index (χ0v) is 19.3. The van der Waals surface area contributed by atoms with Gasteiger partial charge < -0.3 is 20.4 Å². The SMILES string of the molecule is CC(C)(C)OC(=O)NCCc1cc(NCc2ccccc2)cc2c1[nH]c1ccc(Cl)cc12. The first-order valence-corrected chi connectivity index (χ1v) is 11.1. The van der Waals surface area contributed by atoms with Crippen molar-refractivity contribution in [2.24, 2.45) is 0 Å². The number of hydrogen-bond acceptors (Lipinski definition) is 3. The maximum absolute atomic E-state index is 12.0. The Hall–Kier alpha value is -3.18. The second-order valence-electron chi connectivity index (χ2n) is 8.89. The van der Waals surface area contributed by atoms with Crippen LogP contribution >= 0.6 is 11.6 Å². The molecule has 3 N–H and O–H groups in total. The number of alkyl carbamates (subject to hydrolysis) is 1. The molecule has 3 aromatic carbocycles. The molecule has 0 spiro atoms. The van der Waals surface area contributed by atoms with E-state index in [0.717, 1.165) is 39.6 Å². The van der Waals surface area contributed by atoms with Crippen LogP contribution in [0.1, 0.15) is 31.9 Å². The van der Waals surface area contributed by atoms with E-state index in [4.69, 9.17) is 16.3 Å². The van der Waals surface area contributed by atoms with E-state index in [-0.39, 0.29) is 0 Å². The van der Waals surface area contributed by atoms with E-state index in [0.29, 0.717) is 18.0 Å². The monoisotopic (exact) mass is 449 g/mol. The van der Waals surface area contributed by atoms with Crippen LogP contribution in [-0.2, 0) is 17.7 Å². The number of fused-ring (bicyclic) bond motifs is 3. The number of amides is 1. The minimum atomic E-state index is -0.519. The van der Waals surface area contributed by atoms with E-state index in [9.17, 15) is 4.79 Å². The number of anilines is 1. The van der Waals surface area contributed by atoms with Crippen molar-refractivity contribution in [3.63, 3.8) is 0 Å². The smallest absolute Gasteiger partial charge is 0.407 e. The number of H-pyrrole nitrogens is 1. The summed E-state index contributed by atoms with van der Waals surface area (Å²) in [6.45, 7) is 6.77. The van der Waals surface area contributed by atoms with Crippen molar-refractivity contribution in [2.45, 2.75) is 39.3 Å². The van der Waals surface area contributed by atoms with Gasteiger partial charge in [0.1, 0.15) is 5.60 Å². The minimum Gasteiger partial charge on any atom is -0.444 e. The molecule has 0 radical (unpaired) electrons. The molecule has 0 atom stereocenters. The summed E-state index contributed by atoms with van der Waals surface area (Å²) >= 11 is 6.28. The van der Waals surface area contributed by atoms with E-state index in [1.165, 1.54) is 5.56 Å². The van der Waals surface area contributed by atoms with Gasteiger partial charge in [0.15, 0.2) is 0 Å².